The molecule has 0 radical (unpaired) electrons. The number of ether oxygens (including phenoxy) is 2. The van der Waals surface area contributed by atoms with Crippen LogP contribution >= 0.6 is 11.6 Å². The zero-order valence-electron chi connectivity index (χ0n) is 22.2. The number of hydrogen-bond donors (Lipinski definition) is 1. The van der Waals surface area contributed by atoms with E-state index >= 15 is 0 Å². The van der Waals surface area contributed by atoms with Crippen molar-refractivity contribution in [3.8, 4) is 23.0 Å². The topological polar surface area (TPSA) is 77.3 Å². The molecule has 7 rings (SSSR count). The molecule has 4 aromatic rings. The molecule has 39 heavy (non-hydrogen) atoms. The number of aromatic nitrogens is 4. The van der Waals surface area contributed by atoms with Crippen molar-refractivity contribution < 1.29 is 9.47 Å². The molecule has 0 atom stereocenters. The maximum absolute atomic E-state index is 6.88. The first-order valence-electron chi connectivity index (χ1n) is 13.8. The van der Waals surface area contributed by atoms with E-state index in [2.05, 4.69) is 43.8 Å². The second-order valence-corrected chi connectivity index (χ2v) is 11.8. The van der Waals surface area contributed by atoms with E-state index in [1.807, 2.05) is 36.4 Å². The van der Waals surface area contributed by atoms with Crippen LogP contribution in [0.2, 0.25) is 5.02 Å². The van der Waals surface area contributed by atoms with Crippen LogP contribution in [-0.4, -0.2) is 68.3 Å². The molecule has 1 aliphatic heterocycles. The summed E-state index contributed by atoms with van der Waals surface area (Å²) in [6.45, 7) is 7.48. The molecule has 8 nitrogen and oxygen atoms in total. The van der Waals surface area contributed by atoms with Crippen LogP contribution in [0.1, 0.15) is 38.2 Å². The van der Waals surface area contributed by atoms with Gasteiger partial charge in [0.1, 0.15) is 30.1 Å². The first kappa shape index (κ1) is 24.8. The summed E-state index contributed by atoms with van der Waals surface area (Å²) >= 11 is 6.88. The van der Waals surface area contributed by atoms with Gasteiger partial charge in [-0.25, -0.2) is 9.97 Å². The second-order valence-electron chi connectivity index (χ2n) is 11.4. The highest BCUT2D eigenvalue weighted by Gasteiger charge is 2.45. The maximum Gasteiger partial charge on any atom is 0.245 e. The Hall–Kier alpha value is -3.20. The van der Waals surface area contributed by atoms with E-state index in [0.717, 1.165) is 67.4 Å². The van der Waals surface area contributed by atoms with Crippen LogP contribution in [0, 0.1) is 0 Å². The fourth-order valence-electron chi connectivity index (χ4n) is 5.40. The first-order valence-corrected chi connectivity index (χ1v) is 14.2. The monoisotopic (exact) mass is 544 g/mol. The molecule has 3 fully saturated rings. The summed E-state index contributed by atoms with van der Waals surface area (Å²) in [7, 11) is 0. The smallest absolute Gasteiger partial charge is 0.245 e. The minimum absolute atomic E-state index is 0.175. The molecule has 1 spiro atoms. The predicted octanol–water partition coefficient (Wildman–Crippen LogP) is 4.94. The Morgan fingerprint density at radius 2 is 1.90 bits per heavy atom. The van der Waals surface area contributed by atoms with Gasteiger partial charge in [-0.1, -0.05) is 41.9 Å². The van der Waals surface area contributed by atoms with Gasteiger partial charge in [-0.15, -0.1) is 0 Å². The van der Waals surface area contributed by atoms with E-state index in [-0.39, 0.29) is 5.60 Å². The van der Waals surface area contributed by atoms with Gasteiger partial charge in [-0.05, 0) is 56.4 Å². The predicted molar refractivity (Wildman–Crippen MR) is 151 cm³/mol. The van der Waals surface area contributed by atoms with Crippen LogP contribution in [0.5, 0.6) is 11.6 Å². The van der Waals surface area contributed by atoms with Crippen LogP contribution in [0.3, 0.4) is 0 Å². The summed E-state index contributed by atoms with van der Waals surface area (Å²) in [6.07, 6.45) is 6.15. The number of imidazole rings is 1. The van der Waals surface area contributed by atoms with Crippen LogP contribution in [0.25, 0.3) is 22.6 Å². The van der Waals surface area contributed by atoms with Crippen molar-refractivity contribution in [2.24, 2.45) is 0 Å². The highest BCUT2D eigenvalue weighted by atomic mass is 35.5. The molecule has 0 amide bonds. The summed E-state index contributed by atoms with van der Waals surface area (Å²) in [5, 5.41) is 4.24. The fraction of sp³-hybridized carbons (Fsp3) is 0.433. The second kappa shape index (κ2) is 9.77. The molecular weight excluding hydrogens is 512 g/mol. The summed E-state index contributed by atoms with van der Waals surface area (Å²) in [5.74, 6) is 2.01. The Morgan fingerprint density at radius 1 is 1.05 bits per heavy atom. The third kappa shape index (κ3) is 5.21. The number of benzene rings is 2. The fourth-order valence-corrected chi connectivity index (χ4v) is 5.66. The van der Waals surface area contributed by atoms with Crippen LogP contribution in [-0.2, 0) is 6.54 Å². The quantitative estimate of drug-likeness (QED) is 0.320. The number of piperazine rings is 1. The highest BCUT2D eigenvalue weighted by molar-refractivity contribution is 6.33. The molecule has 3 heterocycles. The molecule has 9 heteroatoms. The molecule has 3 aliphatic rings. The molecule has 2 aromatic carbocycles. The van der Waals surface area contributed by atoms with Crippen molar-refractivity contribution in [3.05, 3.63) is 65.4 Å². The van der Waals surface area contributed by atoms with Crippen molar-refractivity contribution in [2.45, 2.75) is 50.3 Å². The molecule has 0 unspecified atom stereocenters. The van der Waals surface area contributed by atoms with E-state index in [4.69, 9.17) is 26.1 Å². The maximum atomic E-state index is 6.88. The number of hydrogen-bond acceptors (Lipinski definition) is 7. The van der Waals surface area contributed by atoms with Gasteiger partial charge in [0.25, 0.3) is 0 Å². The molecule has 1 N–H and O–H groups in total. The van der Waals surface area contributed by atoms with E-state index in [9.17, 15) is 0 Å². The standard InChI is InChI=1S/C30H33ClN6O2/c1-29(9-10-29)39-28-25-27(32-20-33-28)37(18-21-5-3-2-4-6-21)26(35-25)23-8-7-22(17-24(23)31)38-16-15-36-14-13-34-30(19-36)11-12-30/h2-8,17,20,34H,9-16,18-19H2,1H3. The Kier molecular flexibility index (Phi) is 6.21. The molecule has 202 valence electrons. The minimum atomic E-state index is -0.175. The van der Waals surface area contributed by atoms with Crippen molar-refractivity contribution >= 4 is 22.8 Å². The zero-order chi connectivity index (χ0) is 26.5. The van der Waals surface area contributed by atoms with Gasteiger partial charge < -0.3 is 19.4 Å². The van der Waals surface area contributed by atoms with E-state index in [0.29, 0.717) is 35.1 Å². The lowest BCUT2D eigenvalue weighted by molar-refractivity contribution is 0.158. The Morgan fingerprint density at radius 3 is 2.67 bits per heavy atom. The lowest BCUT2D eigenvalue weighted by Gasteiger charge is -2.33. The summed E-state index contributed by atoms with van der Waals surface area (Å²) in [4.78, 5) is 16.5. The molecular formula is C30H33ClN6O2. The Bertz CT molecular complexity index is 1500. The lowest BCUT2D eigenvalue weighted by atomic mass is 10.2. The van der Waals surface area contributed by atoms with Crippen LogP contribution in [0.4, 0.5) is 0 Å². The molecule has 2 aliphatic carbocycles. The third-order valence-corrected chi connectivity index (χ3v) is 8.46. The van der Waals surface area contributed by atoms with Crippen LogP contribution in [0.15, 0.2) is 54.9 Å². The largest absolute Gasteiger partial charge is 0.492 e. The van der Waals surface area contributed by atoms with Crippen molar-refractivity contribution in [2.75, 3.05) is 32.8 Å². The summed E-state index contributed by atoms with van der Waals surface area (Å²) in [5.41, 5.74) is 3.54. The van der Waals surface area contributed by atoms with Gasteiger partial charge in [0, 0.05) is 37.3 Å². The van der Waals surface area contributed by atoms with E-state index in [1.165, 1.54) is 12.8 Å². The normalized spacial score (nSPS) is 19.3. The Balaban J connectivity index is 1.16. The van der Waals surface area contributed by atoms with Crippen molar-refractivity contribution in [3.63, 3.8) is 0 Å². The number of nitrogens with one attached hydrogen (secondary N) is 1. The third-order valence-electron chi connectivity index (χ3n) is 8.14. The van der Waals surface area contributed by atoms with E-state index in [1.54, 1.807) is 6.33 Å². The zero-order valence-corrected chi connectivity index (χ0v) is 23.0. The first-order chi connectivity index (χ1) is 19.0. The molecule has 1 saturated heterocycles. The van der Waals surface area contributed by atoms with Gasteiger partial charge in [-0.2, -0.15) is 4.98 Å². The minimum Gasteiger partial charge on any atom is -0.492 e. The van der Waals surface area contributed by atoms with Gasteiger partial charge >= 0.3 is 0 Å². The molecule has 0 bridgehead atoms. The number of halogens is 1. The lowest BCUT2D eigenvalue weighted by Crippen LogP contribution is -2.53. The SMILES string of the molecule is CC1(Oc2ncnc3c2nc(-c2ccc(OCCN4CCNC5(CC5)C4)cc2Cl)n3Cc2ccccc2)CC1. The van der Waals surface area contributed by atoms with Gasteiger partial charge in [0.2, 0.25) is 5.88 Å². The van der Waals surface area contributed by atoms with Gasteiger partial charge in [-0.3, -0.25) is 4.90 Å². The van der Waals surface area contributed by atoms with E-state index < -0.39 is 0 Å². The van der Waals surface area contributed by atoms with Crippen molar-refractivity contribution in [1.29, 1.82) is 0 Å². The summed E-state index contributed by atoms with van der Waals surface area (Å²) < 4.78 is 14.5. The van der Waals surface area contributed by atoms with Gasteiger partial charge in [0.15, 0.2) is 11.2 Å². The number of nitrogens with zero attached hydrogens (tertiary/aromatic N) is 5. The molecule has 2 aromatic heterocycles. The number of rotatable bonds is 9. The van der Waals surface area contributed by atoms with Gasteiger partial charge in [0.05, 0.1) is 11.6 Å². The molecule has 2 saturated carbocycles. The number of fused-ring (bicyclic) bond motifs is 1. The van der Waals surface area contributed by atoms with Crippen LogP contribution < -0.4 is 14.8 Å². The average molecular weight is 545 g/mol. The Labute approximate surface area is 233 Å². The van der Waals surface area contributed by atoms with Crippen molar-refractivity contribution in [1.82, 2.24) is 29.7 Å². The average Bonchev–Trinajstić information content (AvgIpc) is 3.83. The summed E-state index contributed by atoms with van der Waals surface area (Å²) in [6, 6.07) is 16.1. The highest BCUT2D eigenvalue weighted by Crippen LogP contribution is 2.41.